The molecule has 0 rings (SSSR count). The van der Waals surface area contributed by atoms with Crippen molar-refractivity contribution in [2.24, 2.45) is 5.92 Å². The largest absolute Gasteiger partial charge is 0.316 e. The van der Waals surface area contributed by atoms with Gasteiger partial charge in [0.05, 0.1) is 0 Å². The predicted octanol–water partition coefficient (Wildman–Crippen LogP) is 0.999. The van der Waals surface area contributed by atoms with Crippen LogP contribution in [-0.4, -0.2) is 29.3 Å². The van der Waals surface area contributed by atoms with Gasteiger partial charge in [0.2, 0.25) is 0 Å². The van der Waals surface area contributed by atoms with Crippen molar-refractivity contribution in [3.8, 4) is 0 Å². The van der Waals surface area contributed by atoms with Gasteiger partial charge in [-0.1, -0.05) is 20.3 Å². The Labute approximate surface area is 72.2 Å². The van der Waals surface area contributed by atoms with E-state index in [0.717, 1.165) is 12.2 Å². The first-order valence-electron chi connectivity index (χ1n) is 4.09. The molecule has 0 aliphatic heterocycles. The summed E-state index contributed by atoms with van der Waals surface area (Å²) in [6.07, 6.45) is 2.90. The summed E-state index contributed by atoms with van der Waals surface area (Å²) in [4.78, 5) is 0. The Morgan fingerprint density at radius 1 is 1.55 bits per heavy atom. The van der Waals surface area contributed by atoms with Gasteiger partial charge in [-0.05, 0) is 13.0 Å². The summed E-state index contributed by atoms with van der Waals surface area (Å²) in [5.74, 6) is 1.38. The Hall–Kier alpha value is 0.110. The van der Waals surface area contributed by atoms with Gasteiger partial charge in [-0.2, -0.15) is 0 Å². The molecule has 0 spiro atoms. The fraction of sp³-hybridized carbons (Fsp3) is 1.00. The minimum Gasteiger partial charge on any atom is -0.316 e. The van der Waals surface area contributed by atoms with Gasteiger partial charge < -0.3 is 5.32 Å². The molecule has 0 saturated heterocycles. The molecule has 0 fully saturated rings. The Morgan fingerprint density at radius 2 is 2.09 bits per heavy atom. The van der Waals surface area contributed by atoms with Gasteiger partial charge in [-0.3, -0.25) is 4.21 Å². The maximum Gasteiger partial charge on any atom is 0.0388 e. The van der Waals surface area contributed by atoms with E-state index in [1.807, 2.05) is 7.05 Å². The lowest BCUT2D eigenvalue weighted by molar-refractivity contribution is 0.418. The van der Waals surface area contributed by atoms with Gasteiger partial charge in [-0.15, -0.1) is 0 Å². The molecular weight excluding hydrogens is 158 g/mol. The lowest BCUT2D eigenvalue weighted by Crippen LogP contribution is -2.36. The first-order chi connectivity index (χ1) is 5.11. The monoisotopic (exact) mass is 177 g/mol. The van der Waals surface area contributed by atoms with Crippen LogP contribution in [0.15, 0.2) is 0 Å². The number of nitrogens with one attached hydrogen (secondary N) is 1. The standard InChI is InChI=1S/C8H19NOS/c1-5-7(2)8(9-3)6-11(4)10/h7-9H,5-6H2,1-4H3. The predicted molar refractivity (Wildman–Crippen MR) is 51.2 cm³/mol. The number of rotatable bonds is 5. The Kier molecular flexibility index (Phi) is 5.78. The van der Waals surface area contributed by atoms with Crippen LogP contribution >= 0.6 is 0 Å². The van der Waals surface area contributed by atoms with Crippen LogP contribution in [0.5, 0.6) is 0 Å². The number of hydrogen-bond donors (Lipinski definition) is 1. The molecule has 0 aromatic carbocycles. The summed E-state index contributed by atoms with van der Waals surface area (Å²) < 4.78 is 10.9. The molecular formula is C8H19NOS. The highest BCUT2D eigenvalue weighted by molar-refractivity contribution is 7.84. The van der Waals surface area contributed by atoms with Crippen LogP contribution in [0.2, 0.25) is 0 Å². The molecule has 68 valence electrons. The van der Waals surface area contributed by atoms with E-state index in [-0.39, 0.29) is 0 Å². The van der Waals surface area contributed by atoms with Crippen molar-refractivity contribution in [3.63, 3.8) is 0 Å². The molecule has 0 aromatic heterocycles. The van der Waals surface area contributed by atoms with Crippen molar-refractivity contribution in [3.05, 3.63) is 0 Å². The molecule has 2 nitrogen and oxygen atoms in total. The second kappa shape index (κ2) is 5.72. The van der Waals surface area contributed by atoms with Gasteiger partial charge >= 0.3 is 0 Å². The van der Waals surface area contributed by atoms with Crippen LogP contribution in [0, 0.1) is 5.92 Å². The van der Waals surface area contributed by atoms with Crippen LogP contribution in [0.25, 0.3) is 0 Å². The highest BCUT2D eigenvalue weighted by Crippen LogP contribution is 2.07. The third kappa shape index (κ3) is 4.53. The van der Waals surface area contributed by atoms with E-state index < -0.39 is 10.8 Å². The van der Waals surface area contributed by atoms with E-state index in [4.69, 9.17) is 0 Å². The SMILES string of the molecule is CCC(C)C(CS(C)=O)NC. The topological polar surface area (TPSA) is 29.1 Å². The zero-order chi connectivity index (χ0) is 8.85. The molecule has 0 aliphatic carbocycles. The van der Waals surface area contributed by atoms with E-state index in [9.17, 15) is 4.21 Å². The minimum absolute atomic E-state index is 0.408. The van der Waals surface area contributed by atoms with Crippen molar-refractivity contribution in [1.82, 2.24) is 5.32 Å². The van der Waals surface area contributed by atoms with E-state index in [0.29, 0.717) is 12.0 Å². The van der Waals surface area contributed by atoms with Gasteiger partial charge in [0.25, 0.3) is 0 Å². The van der Waals surface area contributed by atoms with Crippen molar-refractivity contribution in [2.75, 3.05) is 19.1 Å². The fourth-order valence-corrected chi connectivity index (χ4v) is 2.07. The second-order valence-electron chi connectivity index (χ2n) is 3.02. The van der Waals surface area contributed by atoms with E-state index in [2.05, 4.69) is 19.2 Å². The molecule has 0 amide bonds. The van der Waals surface area contributed by atoms with Gasteiger partial charge in [0.15, 0.2) is 0 Å². The molecule has 11 heavy (non-hydrogen) atoms. The summed E-state index contributed by atoms with van der Waals surface area (Å²) in [7, 11) is 1.25. The quantitative estimate of drug-likeness (QED) is 0.679. The van der Waals surface area contributed by atoms with Crippen molar-refractivity contribution in [1.29, 1.82) is 0 Å². The molecule has 0 saturated carbocycles. The van der Waals surface area contributed by atoms with Crippen LogP contribution in [0.4, 0.5) is 0 Å². The molecule has 0 aromatic rings. The molecule has 0 heterocycles. The Morgan fingerprint density at radius 3 is 2.36 bits per heavy atom. The van der Waals surface area contributed by atoms with E-state index in [1.54, 1.807) is 6.26 Å². The smallest absolute Gasteiger partial charge is 0.0388 e. The maximum absolute atomic E-state index is 10.9. The lowest BCUT2D eigenvalue weighted by Gasteiger charge is -2.20. The molecule has 3 unspecified atom stereocenters. The fourth-order valence-electron chi connectivity index (χ4n) is 1.07. The first-order valence-corrected chi connectivity index (χ1v) is 5.81. The van der Waals surface area contributed by atoms with E-state index >= 15 is 0 Å². The third-order valence-electron chi connectivity index (χ3n) is 2.12. The third-order valence-corrected chi connectivity index (χ3v) is 2.94. The molecule has 1 N–H and O–H groups in total. The average molecular weight is 177 g/mol. The number of hydrogen-bond acceptors (Lipinski definition) is 2. The summed E-state index contributed by atoms with van der Waals surface area (Å²) >= 11 is 0. The summed E-state index contributed by atoms with van der Waals surface area (Å²) in [6, 6.07) is 0.408. The normalized spacial score (nSPS) is 19.3. The highest BCUT2D eigenvalue weighted by Gasteiger charge is 2.14. The Balaban J connectivity index is 3.84. The van der Waals surface area contributed by atoms with Crippen molar-refractivity contribution in [2.45, 2.75) is 26.3 Å². The summed E-state index contributed by atoms with van der Waals surface area (Å²) in [5, 5.41) is 3.19. The molecule has 0 aliphatic rings. The second-order valence-corrected chi connectivity index (χ2v) is 4.50. The molecule has 0 radical (unpaired) electrons. The van der Waals surface area contributed by atoms with Crippen LogP contribution in [0.1, 0.15) is 20.3 Å². The summed E-state index contributed by atoms with van der Waals surface area (Å²) in [6.45, 7) is 4.35. The van der Waals surface area contributed by atoms with Crippen LogP contribution < -0.4 is 5.32 Å². The van der Waals surface area contributed by atoms with Crippen LogP contribution in [-0.2, 0) is 10.8 Å². The van der Waals surface area contributed by atoms with Crippen LogP contribution in [0.3, 0.4) is 0 Å². The average Bonchev–Trinajstić information content (AvgIpc) is 1.98. The zero-order valence-electron chi connectivity index (χ0n) is 7.89. The van der Waals surface area contributed by atoms with Gasteiger partial charge in [-0.25, -0.2) is 0 Å². The van der Waals surface area contributed by atoms with Gasteiger partial charge in [0.1, 0.15) is 0 Å². The van der Waals surface area contributed by atoms with Crippen molar-refractivity contribution < 1.29 is 4.21 Å². The molecule has 3 atom stereocenters. The summed E-state index contributed by atoms with van der Waals surface area (Å²) in [5.41, 5.74) is 0. The Bertz CT molecular complexity index is 127. The zero-order valence-corrected chi connectivity index (χ0v) is 8.70. The minimum atomic E-state index is -0.680. The first kappa shape index (κ1) is 11.1. The maximum atomic E-state index is 10.9. The molecule has 0 bridgehead atoms. The lowest BCUT2D eigenvalue weighted by atomic mass is 10.0. The van der Waals surface area contributed by atoms with Gasteiger partial charge in [0, 0.05) is 28.9 Å². The molecule has 3 heteroatoms. The van der Waals surface area contributed by atoms with Crippen molar-refractivity contribution >= 4 is 10.8 Å². The highest BCUT2D eigenvalue weighted by atomic mass is 32.2. The van der Waals surface area contributed by atoms with E-state index in [1.165, 1.54) is 0 Å².